The molecule has 0 aliphatic heterocycles. The van der Waals surface area contributed by atoms with Crippen LogP contribution in [-0.2, 0) is 30.4 Å². The number of hydrogen-bond donors (Lipinski definition) is 4. The Labute approximate surface area is 163 Å². The first kappa shape index (κ1) is 19.8. The molecule has 0 atom stereocenters. The maximum absolute atomic E-state index is 12.0. The van der Waals surface area contributed by atoms with E-state index >= 15 is 0 Å². The van der Waals surface area contributed by atoms with Crippen molar-refractivity contribution >= 4 is 62.7 Å². The molecular formula is C16H10O10S3. The van der Waals surface area contributed by atoms with Crippen LogP contribution in [0.4, 0.5) is 0 Å². The quantitative estimate of drug-likeness (QED) is 0.262. The van der Waals surface area contributed by atoms with Gasteiger partial charge in [0.05, 0.1) is 4.90 Å². The number of rotatable bonds is 3. The van der Waals surface area contributed by atoms with E-state index < -0.39 is 50.8 Å². The van der Waals surface area contributed by atoms with Gasteiger partial charge < -0.3 is 5.11 Å². The van der Waals surface area contributed by atoms with Gasteiger partial charge in [0.25, 0.3) is 30.4 Å². The number of hydrogen-bond acceptors (Lipinski definition) is 7. The summed E-state index contributed by atoms with van der Waals surface area (Å²) in [5.74, 6) is -0.535. The first-order valence-corrected chi connectivity index (χ1v) is 11.9. The number of benzene rings is 4. The summed E-state index contributed by atoms with van der Waals surface area (Å²) in [7, 11) is -14.7. The highest BCUT2D eigenvalue weighted by Gasteiger charge is 2.26. The molecule has 0 aliphatic carbocycles. The molecule has 4 aromatic carbocycles. The summed E-state index contributed by atoms with van der Waals surface area (Å²) >= 11 is 0. The lowest BCUT2D eigenvalue weighted by molar-refractivity contribution is 0.471. The molecule has 0 aliphatic rings. The zero-order chi connectivity index (χ0) is 21.5. The molecule has 0 spiro atoms. The van der Waals surface area contributed by atoms with Crippen molar-refractivity contribution in [1.82, 2.24) is 0 Å². The summed E-state index contributed by atoms with van der Waals surface area (Å²) in [5, 5.41) is 9.76. The monoisotopic (exact) mass is 458 g/mol. The molecule has 4 rings (SSSR count). The summed E-state index contributed by atoms with van der Waals surface area (Å²) in [5.41, 5.74) is 0. The zero-order valence-electron chi connectivity index (χ0n) is 13.9. The minimum absolute atomic E-state index is 0.000764. The Balaban J connectivity index is 2.45. The van der Waals surface area contributed by atoms with Gasteiger partial charge in [-0.2, -0.15) is 25.3 Å². The van der Waals surface area contributed by atoms with E-state index in [9.17, 15) is 44.0 Å². The van der Waals surface area contributed by atoms with Crippen LogP contribution in [0.25, 0.3) is 32.3 Å². The van der Waals surface area contributed by atoms with Crippen molar-refractivity contribution in [2.45, 2.75) is 14.7 Å². The highest BCUT2D eigenvalue weighted by atomic mass is 32.2. The Kier molecular flexibility index (Phi) is 3.91. The molecule has 0 saturated carbocycles. The fourth-order valence-electron chi connectivity index (χ4n) is 3.46. The average Bonchev–Trinajstić information content (AvgIpc) is 2.57. The minimum atomic E-state index is -5.00. The van der Waals surface area contributed by atoms with Gasteiger partial charge in [0.2, 0.25) is 0 Å². The molecule has 4 aromatic rings. The van der Waals surface area contributed by atoms with Crippen molar-refractivity contribution in [2.24, 2.45) is 0 Å². The third kappa shape index (κ3) is 2.99. The van der Waals surface area contributed by atoms with Gasteiger partial charge in [0, 0.05) is 27.6 Å². The van der Waals surface area contributed by atoms with E-state index in [1.165, 1.54) is 12.1 Å². The van der Waals surface area contributed by atoms with Gasteiger partial charge in [0.15, 0.2) is 0 Å². The van der Waals surface area contributed by atoms with E-state index in [0.29, 0.717) is 0 Å². The van der Waals surface area contributed by atoms with Crippen LogP contribution >= 0.6 is 0 Å². The Hall–Kier alpha value is -2.55. The lowest BCUT2D eigenvalue weighted by atomic mass is 9.94. The van der Waals surface area contributed by atoms with Crippen molar-refractivity contribution in [3.8, 4) is 5.75 Å². The first-order valence-electron chi connectivity index (χ1n) is 7.60. The van der Waals surface area contributed by atoms with Crippen LogP contribution < -0.4 is 0 Å². The maximum atomic E-state index is 12.0. The van der Waals surface area contributed by atoms with E-state index in [0.717, 1.165) is 24.3 Å². The molecule has 0 aromatic heterocycles. The fraction of sp³-hybridized carbons (Fsp3) is 0. The van der Waals surface area contributed by atoms with E-state index in [1.807, 2.05) is 0 Å². The molecule has 0 heterocycles. The second-order valence-corrected chi connectivity index (χ2v) is 10.5. The Morgan fingerprint density at radius 2 is 1.14 bits per heavy atom. The van der Waals surface area contributed by atoms with Crippen molar-refractivity contribution < 1.29 is 44.0 Å². The van der Waals surface area contributed by atoms with E-state index in [2.05, 4.69) is 0 Å². The smallest absolute Gasteiger partial charge is 0.295 e. The number of phenols is 1. The molecule has 152 valence electrons. The standard InChI is InChI=1S/C16H10O10S3/c17-12-6-14(29(24,25)26)11-5-13(28(21,22)23)10-4-8(27(18,19)20)3-7-1-2-9(12)16(11)15(7)10/h1-6,17H,(H,18,19,20)(H,21,22,23)(H,24,25,26). The molecular weight excluding hydrogens is 448 g/mol. The second kappa shape index (κ2) is 5.75. The summed E-state index contributed by atoms with van der Waals surface area (Å²) in [6, 6.07) is 5.94. The molecule has 0 saturated heterocycles. The predicted molar refractivity (Wildman–Crippen MR) is 101 cm³/mol. The van der Waals surface area contributed by atoms with Gasteiger partial charge in [-0.15, -0.1) is 0 Å². The van der Waals surface area contributed by atoms with Crippen molar-refractivity contribution in [2.75, 3.05) is 0 Å². The normalized spacial score (nSPS) is 13.6. The third-order valence-corrected chi connectivity index (χ3v) is 7.18. The largest absolute Gasteiger partial charge is 0.507 e. The topological polar surface area (TPSA) is 183 Å². The average molecular weight is 458 g/mol. The Bertz CT molecular complexity index is 1670. The molecule has 0 radical (unpaired) electrons. The van der Waals surface area contributed by atoms with E-state index in [-0.39, 0.29) is 32.3 Å². The zero-order valence-corrected chi connectivity index (χ0v) is 16.4. The van der Waals surface area contributed by atoms with Gasteiger partial charge in [0.1, 0.15) is 15.5 Å². The number of phenolic OH excluding ortho intramolecular Hbond substituents is 1. The van der Waals surface area contributed by atoms with E-state index in [4.69, 9.17) is 0 Å². The Morgan fingerprint density at radius 1 is 0.586 bits per heavy atom. The van der Waals surface area contributed by atoms with Crippen LogP contribution in [-0.4, -0.2) is 44.0 Å². The van der Waals surface area contributed by atoms with Crippen LogP contribution in [0, 0.1) is 0 Å². The van der Waals surface area contributed by atoms with Gasteiger partial charge >= 0.3 is 0 Å². The molecule has 0 unspecified atom stereocenters. The van der Waals surface area contributed by atoms with Crippen LogP contribution in [0.2, 0.25) is 0 Å². The highest BCUT2D eigenvalue weighted by molar-refractivity contribution is 7.86. The summed E-state index contributed by atoms with van der Waals surface area (Å²) in [6.07, 6.45) is 0. The fourth-order valence-corrected chi connectivity index (χ4v) is 5.40. The molecule has 0 fully saturated rings. The third-order valence-electron chi connectivity index (χ3n) is 4.56. The van der Waals surface area contributed by atoms with Crippen LogP contribution in [0.5, 0.6) is 5.75 Å². The summed E-state index contributed by atoms with van der Waals surface area (Å²) < 4.78 is 99.2. The lowest BCUT2D eigenvalue weighted by Gasteiger charge is -2.17. The summed E-state index contributed by atoms with van der Waals surface area (Å²) in [4.78, 5) is -2.31. The van der Waals surface area contributed by atoms with Gasteiger partial charge in [-0.05, 0) is 29.0 Å². The van der Waals surface area contributed by atoms with E-state index in [1.54, 1.807) is 0 Å². The van der Waals surface area contributed by atoms with Crippen LogP contribution in [0.1, 0.15) is 0 Å². The molecule has 10 nitrogen and oxygen atoms in total. The number of aromatic hydroxyl groups is 1. The molecule has 0 bridgehead atoms. The first-order chi connectivity index (χ1) is 13.2. The van der Waals surface area contributed by atoms with Crippen molar-refractivity contribution in [3.05, 3.63) is 36.4 Å². The van der Waals surface area contributed by atoms with Crippen molar-refractivity contribution in [3.63, 3.8) is 0 Å². The maximum Gasteiger partial charge on any atom is 0.295 e. The highest BCUT2D eigenvalue weighted by Crippen LogP contribution is 2.44. The molecule has 29 heavy (non-hydrogen) atoms. The molecule has 13 heteroatoms. The SMILES string of the molecule is O=S(=O)(O)c1cc2ccc3c(O)cc(S(=O)(=O)O)c4cc(S(=O)(=O)O)c(c1)c2c34. The molecule has 0 amide bonds. The summed E-state index contributed by atoms with van der Waals surface area (Å²) in [6.45, 7) is 0. The van der Waals surface area contributed by atoms with Gasteiger partial charge in [-0.3, -0.25) is 13.7 Å². The second-order valence-electron chi connectivity index (χ2n) is 6.30. The minimum Gasteiger partial charge on any atom is -0.507 e. The van der Waals surface area contributed by atoms with Crippen molar-refractivity contribution in [1.29, 1.82) is 0 Å². The molecule has 4 N–H and O–H groups in total. The predicted octanol–water partition coefficient (Wildman–Crippen LogP) is 2.03. The van der Waals surface area contributed by atoms with Gasteiger partial charge in [-0.1, -0.05) is 12.1 Å². The Morgan fingerprint density at radius 3 is 1.69 bits per heavy atom. The van der Waals surface area contributed by atoms with Crippen LogP contribution in [0.3, 0.4) is 0 Å². The van der Waals surface area contributed by atoms with Crippen LogP contribution in [0.15, 0.2) is 51.1 Å². The van der Waals surface area contributed by atoms with Gasteiger partial charge in [-0.25, -0.2) is 0 Å². The lowest BCUT2D eigenvalue weighted by Crippen LogP contribution is -2.05.